The highest BCUT2D eigenvalue weighted by atomic mass is 16.5. The van der Waals surface area contributed by atoms with Gasteiger partial charge in [0.2, 0.25) is 5.84 Å². The van der Waals surface area contributed by atoms with Crippen LogP contribution in [-0.4, -0.2) is 40.8 Å². The molecule has 0 radical (unpaired) electrons. The van der Waals surface area contributed by atoms with Gasteiger partial charge in [0.1, 0.15) is 17.1 Å². The molecule has 3 aliphatic heterocycles. The number of nitrogens with zero attached hydrogens (tertiary/aromatic N) is 1. The summed E-state index contributed by atoms with van der Waals surface area (Å²) in [4.78, 5) is 0. The third-order valence-electron chi connectivity index (χ3n) is 10.2. The Morgan fingerprint density at radius 3 is 2.51 bits per heavy atom. The molecule has 4 nitrogen and oxygen atoms in total. The minimum atomic E-state index is -0.283. The maximum atomic E-state index is 11.2. The van der Waals surface area contributed by atoms with Crippen molar-refractivity contribution < 1.29 is 14.4 Å². The summed E-state index contributed by atoms with van der Waals surface area (Å²) in [6.07, 6.45) is 16.0. The molecule has 4 aliphatic rings. The number of unbranched alkanes of at least 4 members (excludes halogenated alkanes) is 2. The topological polar surface area (TPSA) is 44.5 Å². The molecule has 1 aromatic carbocycles. The highest BCUT2D eigenvalue weighted by Crippen LogP contribution is 2.64. The van der Waals surface area contributed by atoms with Crippen molar-refractivity contribution in [2.75, 3.05) is 19.6 Å². The normalized spacial score (nSPS) is 28.2. The smallest absolute Gasteiger partial charge is 0.244 e. The zero-order chi connectivity index (χ0) is 26.8. The largest absolute Gasteiger partial charge is 0.507 e. The van der Waals surface area contributed by atoms with Crippen LogP contribution in [0.1, 0.15) is 122 Å². The Bertz CT molecular complexity index is 1030. The number of hydrogen-bond donors (Lipinski definition) is 2. The van der Waals surface area contributed by atoms with Gasteiger partial charge in [-0.15, -0.1) is 0 Å². The van der Waals surface area contributed by atoms with Crippen LogP contribution >= 0.6 is 0 Å². The molecule has 0 fully saturated rings. The van der Waals surface area contributed by atoms with Crippen LogP contribution in [0.3, 0.4) is 0 Å². The molecule has 0 bridgehead atoms. The highest BCUT2D eigenvalue weighted by Gasteiger charge is 2.61. The van der Waals surface area contributed by atoms with Crippen molar-refractivity contribution in [3.05, 3.63) is 34.4 Å². The van der Waals surface area contributed by atoms with E-state index >= 15 is 0 Å². The van der Waals surface area contributed by atoms with Crippen LogP contribution in [0.5, 0.6) is 11.5 Å². The molecule has 0 spiro atoms. The third-order valence-corrected chi connectivity index (χ3v) is 10.2. The maximum Gasteiger partial charge on any atom is 0.244 e. The lowest BCUT2D eigenvalue weighted by molar-refractivity contribution is -0.534. The van der Waals surface area contributed by atoms with Gasteiger partial charge >= 0.3 is 0 Å². The number of allylic oxidation sites excluding steroid dienone is 2. The van der Waals surface area contributed by atoms with Crippen LogP contribution in [0.25, 0.3) is 0 Å². The number of amidine groups is 1. The van der Waals surface area contributed by atoms with Gasteiger partial charge < -0.3 is 9.84 Å². The van der Waals surface area contributed by atoms with Gasteiger partial charge in [-0.2, -0.15) is 0 Å². The Kier molecular flexibility index (Phi) is 8.36. The Hall–Kier alpha value is -1.97. The Balaban J connectivity index is 0.000000241. The van der Waals surface area contributed by atoms with Gasteiger partial charge in [-0.3, -0.25) is 9.89 Å². The van der Waals surface area contributed by atoms with Crippen LogP contribution in [0.4, 0.5) is 0 Å². The van der Waals surface area contributed by atoms with Crippen molar-refractivity contribution in [2.45, 2.75) is 130 Å². The molecule has 0 saturated carbocycles. The summed E-state index contributed by atoms with van der Waals surface area (Å²) < 4.78 is 9.12. The predicted octanol–water partition coefficient (Wildman–Crippen LogP) is 7.57. The van der Waals surface area contributed by atoms with Gasteiger partial charge in [-0.25, -0.2) is 0 Å². The van der Waals surface area contributed by atoms with E-state index in [1.165, 1.54) is 81.6 Å². The molecule has 5 rings (SSSR count). The van der Waals surface area contributed by atoms with Crippen LogP contribution in [0.15, 0.2) is 17.7 Å². The van der Waals surface area contributed by atoms with E-state index in [2.05, 4.69) is 70.5 Å². The number of aromatic hydroxyl groups is 1. The first-order valence-corrected chi connectivity index (χ1v) is 15.1. The van der Waals surface area contributed by atoms with E-state index in [4.69, 9.17) is 4.74 Å². The lowest BCUT2D eigenvalue weighted by Gasteiger charge is -2.60. The molecule has 1 aliphatic carbocycles. The standard InChI is InChI=1S/C24H36O2.C9H16N2/c1-8-9-10-11-18-14-19-20(21(25)17(18)3)23(6)15-16(2)12-13-24(23,7)22(4,5)26-19;1-2-5-9-10-6-4-8-11(9)7-3-1/h14-15,25H,8-13H2,1-7H3;1-8H2/p+1/t23-,24-;/m0./s1. The number of ether oxygens (including phenoxy) is 1. The van der Waals surface area contributed by atoms with Crippen LogP contribution in [0.2, 0.25) is 0 Å². The van der Waals surface area contributed by atoms with Crippen molar-refractivity contribution in [3.63, 3.8) is 0 Å². The van der Waals surface area contributed by atoms with Crippen LogP contribution in [0, 0.1) is 12.3 Å². The van der Waals surface area contributed by atoms with Crippen LogP contribution < -0.4 is 10.1 Å². The van der Waals surface area contributed by atoms with Gasteiger partial charge in [0, 0.05) is 29.2 Å². The van der Waals surface area contributed by atoms with Gasteiger partial charge in [0.05, 0.1) is 19.6 Å². The molecule has 0 aromatic heterocycles. The van der Waals surface area contributed by atoms with Crippen molar-refractivity contribution in [1.29, 1.82) is 0 Å². The molecule has 1 aromatic rings. The number of aryl methyl sites for hydroxylation is 1. The molecule has 4 heteroatoms. The fraction of sp³-hybridized carbons (Fsp3) is 0.727. The Morgan fingerprint density at radius 2 is 1.76 bits per heavy atom. The predicted molar refractivity (Wildman–Crippen MR) is 155 cm³/mol. The SMILES string of the molecule is C1CCC2=[N+](CC1)CCCN2.CCCCCc1cc2c(c(O)c1C)[C@]1(C)C=C(C)CC[C@@]1(C)C(C)(C)O2. The second kappa shape index (κ2) is 11.0. The molecular formula is C33H53N2O2+. The lowest BCUT2D eigenvalue weighted by Crippen LogP contribution is -2.61. The van der Waals surface area contributed by atoms with E-state index in [1.54, 1.807) is 0 Å². The van der Waals surface area contributed by atoms with Crippen LogP contribution in [-0.2, 0) is 11.8 Å². The van der Waals surface area contributed by atoms with Gasteiger partial charge in [0.25, 0.3) is 0 Å². The fourth-order valence-corrected chi connectivity index (χ4v) is 7.31. The monoisotopic (exact) mass is 509 g/mol. The summed E-state index contributed by atoms with van der Waals surface area (Å²) in [5, 5.41) is 14.8. The zero-order valence-electron chi connectivity index (χ0n) is 24.9. The fourth-order valence-electron chi connectivity index (χ4n) is 7.31. The van der Waals surface area contributed by atoms with Crippen molar-refractivity contribution in [1.82, 2.24) is 5.32 Å². The number of phenolic OH excluding ortho intramolecular Hbond substituents is 1. The number of nitrogens with one attached hydrogen (secondary N) is 1. The molecule has 2 N–H and O–H groups in total. The zero-order valence-corrected chi connectivity index (χ0v) is 24.9. The number of hydrogen-bond acceptors (Lipinski definition) is 3. The maximum absolute atomic E-state index is 11.2. The second-order valence-corrected chi connectivity index (χ2v) is 13.0. The van der Waals surface area contributed by atoms with Gasteiger partial charge in [-0.1, -0.05) is 45.3 Å². The summed E-state index contributed by atoms with van der Waals surface area (Å²) >= 11 is 0. The van der Waals surface area contributed by atoms with E-state index in [1.807, 2.05) is 0 Å². The average Bonchev–Trinajstić information content (AvgIpc) is 3.10. The quantitative estimate of drug-likeness (QED) is 0.250. The summed E-state index contributed by atoms with van der Waals surface area (Å²) in [7, 11) is 0. The summed E-state index contributed by atoms with van der Waals surface area (Å²) in [5.74, 6) is 2.86. The molecular weight excluding hydrogens is 456 g/mol. The summed E-state index contributed by atoms with van der Waals surface area (Å²) in [6, 6.07) is 2.21. The lowest BCUT2D eigenvalue weighted by atomic mass is 9.49. The van der Waals surface area contributed by atoms with Crippen molar-refractivity contribution >= 4 is 5.84 Å². The van der Waals surface area contributed by atoms with Gasteiger partial charge in [0.15, 0.2) is 0 Å². The number of benzene rings is 1. The van der Waals surface area contributed by atoms with Gasteiger partial charge in [-0.05, 0) is 89.8 Å². The first-order chi connectivity index (χ1) is 17.5. The minimum Gasteiger partial charge on any atom is -0.507 e. The summed E-state index contributed by atoms with van der Waals surface area (Å²) in [6.45, 7) is 19.4. The van der Waals surface area contributed by atoms with E-state index in [9.17, 15) is 5.11 Å². The highest BCUT2D eigenvalue weighted by molar-refractivity contribution is 5.77. The Labute approximate surface area is 226 Å². The molecule has 0 saturated heterocycles. The number of phenols is 1. The molecule has 37 heavy (non-hydrogen) atoms. The molecule has 206 valence electrons. The van der Waals surface area contributed by atoms with Crippen molar-refractivity contribution in [2.24, 2.45) is 5.41 Å². The molecule has 0 unspecified atom stereocenters. The number of rotatable bonds is 4. The average molecular weight is 510 g/mol. The first kappa shape index (κ1) is 28.0. The van der Waals surface area contributed by atoms with E-state index < -0.39 is 0 Å². The number of fused-ring (bicyclic) bond motifs is 3. The second-order valence-electron chi connectivity index (χ2n) is 13.0. The Morgan fingerprint density at radius 1 is 1.00 bits per heavy atom. The summed E-state index contributed by atoms with van der Waals surface area (Å²) in [5.41, 5.74) is 4.11. The molecule has 2 atom stereocenters. The molecule has 0 amide bonds. The van der Waals surface area contributed by atoms with Crippen molar-refractivity contribution in [3.8, 4) is 11.5 Å². The van der Waals surface area contributed by atoms with E-state index in [0.29, 0.717) is 5.75 Å². The third kappa shape index (κ3) is 5.19. The first-order valence-electron chi connectivity index (χ1n) is 15.1. The van der Waals surface area contributed by atoms with E-state index in [0.717, 1.165) is 42.6 Å². The minimum absolute atomic E-state index is 0.0554. The van der Waals surface area contributed by atoms with E-state index in [-0.39, 0.29) is 16.4 Å². The molecule has 3 heterocycles.